The van der Waals surface area contributed by atoms with Crippen LogP contribution in [0.15, 0.2) is 18.2 Å². The van der Waals surface area contributed by atoms with Crippen molar-refractivity contribution in [3.8, 4) is 0 Å². The number of aromatic nitrogens is 2. The summed E-state index contributed by atoms with van der Waals surface area (Å²) in [6.07, 6.45) is 0. The quantitative estimate of drug-likeness (QED) is 0.783. The van der Waals surface area contributed by atoms with Gasteiger partial charge in [-0.05, 0) is 31.5 Å². The largest absolute Gasteiger partial charge is 0.327 e. The van der Waals surface area contributed by atoms with Crippen LogP contribution in [0.5, 0.6) is 0 Å². The number of benzene rings is 1. The summed E-state index contributed by atoms with van der Waals surface area (Å²) in [4.78, 5) is 4.50. The molecule has 2 rings (SSSR count). The third-order valence-electron chi connectivity index (χ3n) is 2.48. The van der Waals surface area contributed by atoms with E-state index < -0.39 is 0 Å². The van der Waals surface area contributed by atoms with Crippen molar-refractivity contribution in [2.75, 3.05) is 0 Å². The van der Waals surface area contributed by atoms with Crippen LogP contribution in [-0.4, -0.2) is 9.55 Å². The second-order valence-corrected chi connectivity index (χ2v) is 3.47. The minimum absolute atomic E-state index is 0.502. The summed E-state index contributed by atoms with van der Waals surface area (Å²) in [7, 11) is 0. The van der Waals surface area contributed by atoms with Gasteiger partial charge in [-0.2, -0.15) is 0 Å². The number of aryl methyl sites for hydroxylation is 2. The Morgan fingerprint density at radius 2 is 2.21 bits per heavy atom. The van der Waals surface area contributed by atoms with Crippen molar-refractivity contribution in [1.29, 1.82) is 0 Å². The number of nitrogens with two attached hydrogens (primary N) is 1. The van der Waals surface area contributed by atoms with Gasteiger partial charge in [0.1, 0.15) is 5.82 Å². The Morgan fingerprint density at radius 1 is 1.43 bits per heavy atom. The fourth-order valence-electron chi connectivity index (χ4n) is 1.80. The molecule has 1 aromatic carbocycles. The SMILES string of the molecule is CCn1c(CN)nc2cc(C)ccc21. The van der Waals surface area contributed by atoms with Crippen molar-refractivity contribution in [2.45, 2.75) is 26.9 Å². The normalized spacial score (nSPS) is 11.1. The van der Waals surface area contributed by atoms with E-state index >= 15 is 0 Å². The van der Waals surface area contributed by atoms with Crippen LogP contribution in [0, 0.1) is 6.92 Å². The molecule has 0 aliphatic carbocycles. The molecule has 0 radical (unpaired) electrons. The number of imidazole rings is 1. The Labute approximate surface area is 83.6 Å². The van der Waals surface area contributed by atoms with E-state index in [0.29, 0.717) is 6.54 Å². The maximum atomic E-state index is 5.64. The maximum absolute atomic E-state index is 5.64. The van der Waals surface area contributed by atoms with Crippen molar-refractivity contribution in [3.05, 3.63) is 29.6 Å². The predicted molar refractivity (Wildman–Crippen MR) is 58.0 cm³/mol. The molecule has 1 aromatic heterocycles. The molecule has 14 heavy (non-hydrogen) atoms. The first-order valence-electron chi connectivity index (χ1n) is 4.92. The first kappa shape index (κ1) is 9.21. The molecule has 0 bridgehead atoms. The average molecular weight is 189 g/mol. The van der Waals surface area contributed by atoms with Crippen molar-refractivity contribution in [2.24, 2.45) is 5.73 Å². The first-order chi connectivity index (χ1) is 6.76. The molecule has 0 unspecified atom stereocenters. The summed E-state index contributed by atoms with van der Waals surface area (Å²) < 4.78 is 2.16. The topological polar surface area (TPSA) is 43.8 Å². The number of nitrogens with zero attached hydrogens (tertiary/aromatic N) is 2. The van der Waals surface area contributed by atoms with Crippen LogP contribution in [-0.2, 0) is 13.1 Å². The minimum Gasteiger partial charge on any atom is -0.327 e. The summed E-state index contributed by atoms with van der Waals surface area (Å²) in [5.41, 5.74) is 9.11. The van der Waals surface area contributed by atoms with Gasteiger partial charge in [-0.1, -0.05) is 6.07 Å². The average Bonchev–Trinajstić information content (AvgIpc) is 2.54. The molecule has 0 fully saturated rings. The first-order valence-corrected chi connectivity index (χ1v) is 4.92. The van der Waals surface area contributed by atoms with Gasteiger partial charge in [-0.3, -0.25) is 0 Å². The summed E-state index contributed by atoms with van der Waals surface area (Å²) in [5, 5.41) is 0. The Bertz CT molecular complexity index is 457. The highest BCUT2D eigenvalue weighted by Crippen LogP contribution is 2.17. The lowest BCUT2D eigenvalue weighted by atomic mass is 10.2. The summed E-state index contributed by atoms with van der Waals surface area (Å²) in [6.45, 7) is 5.61. The molecule has 2 N–H and O–H groups in total. The molecule has 0 atom stereocenters. The lowest BCUT2D eigenvalue weighted by Crippen LogP contribution is -2.06. The molecular formula is C11H15N3. The van der Waals surface area contributed by atoms with Crippen molar-refractivity contribution >= 4 is 11.0 Å². The van der Waals surface area contributed by atoms with Gasteiger partial charge in [0.25, 0.3) is 0 Å². The van der Waals surface area contributed by atoms with E-state index in [1.165, 1.54) is 11.1 Å². The van der Waals surface area contributed by atoms with Crippen LogP contribution in [0.1, 0.15) is 18.3 Å². The highest BCUT2D eigenvalue weighted by Gasteiger charge is 2.07. The zero-order valence-electron chi connectivity index (χ0n) is 8.62. The van der Waals surface area contributed by atoms with E-state index in [4.69, 9.17) is 5.73 Å². The molecule has 0 aliphatic heterocycles. The number of hydrogen-bond acceptors (Lipinski definition) is 2. The standard InChI is InChI=1S/C11H15N3/c1-3-14-10-5-4-8(2)6-9(10)13-11(14)7-12/h4-6H,3,7,12H2,1-2H3. The van der Waals surface area contributed by atoms with E-state index in [2.05, 4.69) is 41.6 Å². The van der Waals surface area contributed by atoms with Gasteiger partial charge in [-0.25, -0.2) is 4.98 Å². The number of fused-ring (bicyclic) bond motifs is 1. The lowest BCUT2D eigenvalue weighted by Gasteiger charge is -2.02. The van der Waals surface area contributed by atoms with Crippen LogP contribution in [0.2, 0.25) is 0 Å². The van der Waals surface area contributed by atoms with Gasteiger partial charge in [0.15, 0.2) is 0 Å². The van der Waals surface area contributed by atoms with Crippen LogP contribution in [0.3, 0.4) is 0 Å². The van der Waals surface area contributed by atoms with E-state index in [1.54, 1.807) is 0 Å². The molecule has 0 aliphatic rings. The van der Waals surface area contributed by atoms with Crippen molar-refractivity contribution in [3.63, 3.8) is 0 Å². The van der Waals surface area contributed by atoms with E-state index in [-0.39, 0.29) is 0 Å². The van der Waals surface area contributed by atoms with Gasteiger partial charge in [0.05, 0.1) is 17.6 Å². The third-order valence-corrected chi connectivity index (χ3v) is 2.48. The van der Waals surface area contributed by atoms with Crippen LogP contribution >= 0.6 is 0 Å². The number of hydrogen-bond donors (Lipinski definition) is 1. The van der Waals surface area contributed by atoms with E-state index in [9.17, 15) is 0 Å². The molecule has 74 valence electrons. The molecule has 1 heterocycles. The molecule has 0 amide bonds. The van der Waals surface area contributed by atoms with Gasteiger partial charge in [0.2, 0.25) is 0 Å². The fraction of sp³-hybridized carbons (Fsp3) is 0.364. The van der Waals surface area contributed by atoms with Crippen LogP contribution in [0.4, 0.5) is 0 Å². The number of rotatable bonds is 2. The second-order valence-electron chi connectivity index (χ2n) is 3.47. The molecule has 3 heteroatoms. The van der Waals surface area contributed by atoms with E-state index in [0.717, 1.165) is 17.9 Å². The predicted octanol–water partition coefficient (Wildman–Crippen LogP) is 1.82. The zero-order valence-corrected chi connectivity index (χ0v) is 8.62. The van der Waals surface area contributed by atoms with Gasteiger partial charge in [-0.15, -0.1) is 0 Å². The third kappa shape index (κ3) is 1.30. The Balaban J connectivity index is 2.73. The van der Waals surface area contributed by atoms with Crippen LogP contribution in [0.25, 0.3) is 11.0 Å². The Morgan fingerprint density at radius 3 is 2.86 bits per heavy atom. The minimum atomic E-state index is 0.502. The molecular weight excluding hydrogens is 174 g/mol. The highest BCUT2D eigenvalue weighted by molar-refractivity contribution is 5.76. The smallest absolute Gasteiger partial charge is 0.123 e. The van der Waals surface area contributed by atoms with Crippen molar-refractivity contribution < 1.29 is 0 Å². The Hall–Kier alpha value is -1.35. The molecule has 3 nitrogen and oxygen atoms in total. The van der Waals surface area contributed by atoms with Crippen LogP contribution < -0.4 is 5.73 Å². The molecule has 2 aromatic rings. The van der Waals surface area contributed by atoms with E-state index in [1.807, 2.05) is 0 Å². The van der Waals surface area contributed by atoms with Crippen molar-refractivity contribution in [1.82, 2.24) is 9.55 Å². The Kier molecular flexibility index (Phi) is 2.25. The second kappa shape index (κ2) is 3.42. The summed E-state index contributed by atoms with van der Waals surface area (Å²) in [5.74, 6) is 0.966. The summed E-state index contributed by atoms with van der Waals surface area (Å²) >= 11 is 0. The fourth-order valence-corrected chi connectivity index (χ4v) is 1.80. The summed E-state index contributed by atoms with van der Waals surface area (Å²) in [6, 6.07) is 6.32. The zero-order chi connectivity index (χ0) is 10.1. The van der Waals surface area contributed by atoms with Gasteiger partial charge < -0.3 is 10.3 Å². The highest BCUT2D eigenvalue weighted by atomic mass is 15.1. The molecule has 0 saturated heterocycles. The van der Waals surface area contributed by atoms with Gasteiger partial charge in [0, 0.05) is 6.54 Å². The monoisotopic (exact) mass is 189 g/mol. The van der Waals surface area contributed by atoms with Gasteiger partial charge >= 0.3 is 0 Å². The molecule has 0 spiro atoms. The maximum Gasteiger partial charge on any atom is 0.123 e. The lowest BCUT2D eigenvalue weighted by molar-refractivity contribution is 0.718. The molecule has 0 saturated carbocycles.